The molecule has 0 spiro atoms. The van der Waals surface area contributed by atoms with E-state index >= 15 is 0 Å². The quantitative estimate of drug-likeness (QED) is 0.799. The second-order valence-electron chi connectivity index (χ2n) is 4.71. The molecule has 0 radical (unpaired) electrons. The van der Waals surface area contributed by atoms with Crippen LogP contribution >= 0.6 is 0 Å². The maximum atomic E-state index is 11.5. The minimum Gasteiger partial charge on any atom is -0.463 e. The molecule has 2 aromatic heterocycles. The van der Waals surface area contributed by atoms with Crippen molar-refractivity contribution in [3.8, 4) is 11.5 Å². The van der Waals surface area contributed by atoms with E-state index in [2.05, 4.69) is 9.97 Å². The third-order valence-electron chi connectivity index (χ3n) is 2.23. The van der Waals surface area contributed by atoms with Gasteiger partial charge in [0.15, 0.2) is 5.76 Å². The standard InChI is InChI=1S/C12H14N2O2/c1-12(2,3)11-13-8(7-10(15)14-11)9-5-4-6-16-9/h4-7H,1-3H3,(H,13,14,15). The minimum atomic E-state index is -0.193. The van der Waals surface area contributed by atoms with E-state index in [-0.39, 0.29) is 11.0 Å². The fourth-order valence-corrected chi connectivity index (χ4v) is 1.36. The van der Waals surface area contributed by atoms with Crippen LogP contribution in [0.15, 0.2) is 33.7 Å². The lowest BCUT2D eigenvalue weighted by Crippen LogP contribution is -2.21. The van der Waals surface area contributed by atoms with Gasteiger partial charge in [-0.1, -0.05) is 20.8 Å². The number of aromatic amines is 1. The highest BCUT2D eigenvalue weighted by molar-refractivity contribution is 5.50. The molecule has 0 aliphatic carbocycles. The zero-order valence-electron chi connectivity index (χ0n) is 9.57. The van der Waals surface area contributed by atoms with Crippen LogP contribution in [0.5, 0.6) is 0 Å². The Morgan fingerprint density at radius 3 is 2.69 bits per heavy atom. The Kier molecular flexibility index (Phi) is 2.42. The summed E-state index contributed by atoms with van der Waals surface area (Å²) in [5.41, 5.74) is 0.215. The summed E-state index contributed by atoms with van der Waals surface area (Å²) in [6.45, 7) is 5.99. The average molecular weight is 218 g/mol. The average Bonchev–Trinajstić information content (AvgIpc) is 2.68. The first kappa shape index (κ1) is 10.7. The molecule has 2 heterocycles. The molecule has 4 heteroatoms. The third-order valence-corrected chi connectivity index (χ3v) is 2.23. The molecule has 0 atom stereocenters. The van der Waals surface area contributed by atoms with Gasteiger partial charge >= 0.3 is 0 Å². The summed E-state index contributed by atoms with van der Waals surface area (Å²) in [7, 11) is 0. The van der Waals surface area contributed by atoms with Crippen molar-refractivity contribution in [2.45, 2.75) is 26.2 Å². The van der Waals surface area contributed by atoms with Gasteiger partial charge in [-0.25, -0.2) is 4.98 Å². The van der Waals surface area contributed by atoms with Crippen LogP contribution in [0.2, 0.25) is 0 Å². The summed E-state index contributed by atoms with van der Waals surface area (Å²) < 4.78 is 5.23. The molecule has 84 valence electrons. The zero-order chi connectivity index (χ0) is 11.8. The summed E-state index contributed by atoms with van der Waals surface area (Å²) >= 11 is 0. The number of H-pyrrole nitrogens is 1. The van der Waals surface area contributed by atoms with Crippen LogP contribution in [0.3, 0.4) is 0 Å². The summed E-state index contributed by atoms with van der Waals surface area (Å²) in [5, 5.41) is 0. The molecular formula is C12H14N2O2. The summed E-state index contributed by atoms with van der Waals surface area (Å²) in [6.07, 6.45) is 1.56. The van der Waals surface area contributed by atoms with Gasteiger partial charge in [0.05, 0.1) is 6.26 Å². The first-order valence-electron chi connectivity index (χ1n) is 5.12. The number of aromatic nitrogens is 2. The molecule has 16 heavy (non-hydrogen) atoms. The van der Waals surface area contributed by atoms with Gasteiger partial charge in [-0.15, -0.1) is 0 Å². The van der Waals surface area contributed by atoms with Crippen molar-refractivity contribution in [2.24, 2.45) is 0 Å². The summed E-state index contributed by atoms with van der Waals surface area (Å²) in [6, 6.07) is 5.00. The van der Waals surface area contributed by atoms with Crippen molar-refractivity contribution >= 4 is 0 Å². The summed E-state index contributed by atoms with van der Waals surface area (Å²) in [4.78, 5) is 18.7. The SMILES string of the molecule is CC(C)(C)c1nc(-c2ccco2)cc(=O)[nH]1. The maximum Gasteiger partial charge on any atom is 0.251 e. The molecule has 2 rings (SSSR count). The molecule has 1 N–H and O–H groups in total. The van der Waals surface area contributed by atoms with E-state index in [0.717, 1.165) is 0 Å². The van der Waals surface area contributed by atoms with E-state index in [4.69, 9.17) is 4.42 Å². The predicted molar refractivity (Wildman–Crippen MR) is 61.3 cm³/mol. The van der Waals surface area contributed by atoms with Crippen molar-refractivity contribution < 1.29 is 4.42 Å². The number of hydrogen-bond donors (Lipinski definition) is 1. The van der Waals surface area contributed by atoms with E-state index in [1.54, 1.807) is 18.4 Å². The highest BCUT2D eigenvalue weighted by Gasteiger charge is 2.18. The highest BCUT2D eigenvalue weighted by atomic mass is 16.3. The molecular weight excluding hydrogens is 204 g/mol. The van der Waals surface area contributed by atoms with E-state index in [9.17, 15) is 4.79 Å². The number of hydrogen-bond acceptors (Lipinski definition) is 3. The maximum absolute atomic E-state index is 11.5. The molecule has 0 aliphatic rings. The molecule has 0 unspecified atom stereocenters. The molecule has 0 amide bonds. The van der Waals surface area contributed by atoms with Crippen molar-refractivity contribution in [2.75, 3.05) is 0 Å². The highest BCUT2D eigenvalue weighted by Crippen LogP contribution is 2.21. The van der Waals surface area contributed by atoms with Crippen molar-refractivity contribution in [1.29, 1.82) is 0 Å². The molecule has 0 saturated heterocycles. The normalized spacial score (nSPS) is 11.7. The van der Waals surface area contributed by atoms with Crippen LogP contribution in [0.1, 0.15) is 26.6 Å². The van der Waals surface area contributed by atoms with Gasteiger partial charge in [-0.3, -0.25) is 4.79 Å². The Morgan fingerprint density at radius 1 is 1.38 bits per heavy atom. The lowest BCUT2D eigenvalue weighted by molar-refractivity contribution is 0.538. The molecule has 0 aliphatic heterocycles. The number of furan rings is 1. The molecule has 0 aromatic carbocycles. The van der Waals surface area contributed by atoms with Crippen molar-refractivity contribution in [3.63, 3.8) is 0 Å². The predicted octanol–water partition coefficient (Wildman–Crippen LogP) is 2.33. The van der Waals surface area contributed by atoms with Crippen LogP contribution in [0, 0.1) is 0 Å². The van der Waals surface area contributed by atoms with Gasteiger partial charge in [0, 0.05) is 11.5 Å². The van der Waals surface area contributed by atoms with Crippen LogP contribution < -0.4 is 5.56 Å². The van der Waals surface area contributed by atoms with Crippen molar-refractivity contribution in [1.82, 2.24) is 9.97 Å². The monoisotopic (exact) mass is 218 g/mol. The Balaban J connectivity index is 2.57. The molecule has 0 saturated carbocycles. The number of nitrogens with zero attached hydrogens (tertiary/aromatic N) is 1. The summed E-state index contributed by atoms with van der Waals surface area (Å²) in [5.74, 6) is 1.27. The van der Waals surface area contributed by atoms with Crippen LogP contribution in [0.4, 0.5) is 0 Å². The van der Waals surface area contributed by atoms with Gasteiger partial charge in [0.1, 0.15) is 11.5 Å². The van der Waals surface area contributed by atoms with E-state index in [1.165, 1.54) is 6.07 Å². The topological polar surface area (TPSA) is 58.9 Å². The van der Waals surface area contributed by atoms with Gasteiger partial charge < -0.3 is 9.40 Å². The van der Waals surface area contributed by atoms with E-state index < -0.39 is 0 Å². The Hall–Kier alpha value is -1.84. The number of rotatable bonds is 1. The van der Waals surface area contributed by atoms with Crippen LogP contribution in [-0.2, 0) is 5.41 Å². The minimum absolute atomic E-state index is 0.161. The van der Waals surface area contributed by atoms with E-state index in [1.807, 2.05) is 20.8 Å². The smallest absolute Gasteiger partial charge is 0.251 e. The lowest BCUT2D eigenvalue weighted by Gasteiger charge is -2.17. The molecule has 0 bridgehead atoms. The van der Waals surface area contributed by atoms with Gasteiger partial charge in [0.25, 0.3) is 5.56 Å². The Labute approximate surface area is 93.3 Å². The fourth-order valence-electron chi connectivity index (χ4n) is 1.36. The number of nitrogens with one attached hydrogen (secondary N) is 1. The van der Waals surface area contributed by atoms with Crippen molar-refractivity contribution in [3.05, 3.63) is 40.6 Å². The fraction of sp³-hybridized carbons (Fsp3) is 0.333. The Morgan fingerprint density at radius 2 is 2.12 bits per heavy atom. The zero-order valence-corrected chi connectivity index (χ0v) is 9.57. The van der Waals surface area contributed by atoms with Crippen LogP contribution in [0.25, 0.3) is 11.5 Å². The third kappa shape index (κ3) is 2.05. The molecule has 0 fully saturated rings. The Bertz CT molecular complexity index is 533. The van der Waals surface area contributed by atoms with Gasteiger partial charge in [0.2, 0.25) is 0 Å². The molecule has 2 aromatic rings. The lowest BCUT2D eigenvalue weighted by atomic mass is 9.95. The van der Waals surface area contributed by atoms with Gasteiger partial charge in [-0.05, 0) is 12.1 Å². The second-order valence-corrected chi connectivity index (χ2v) is 4.71. The largest absolute Gasteiger partial charge is 0.463 e. The first-order chi connectivity index (χ1) is 7.47. The van der Waals surface area contributed by atoms with E-state index in [0.29, 0.717) is 17.3 Å². The molecule has 4 nitrogen and oxygen atoms in total. The van der Waals surface area contributed by atoms with Crippen LogP contribution in [-0.4, -0.2) is 9.97 Å². The second kappa shape index (κ2) is 3.63. The first-order valence-corrected chi connectivity index (χ1v) is 5.12. The van der Waals surface area contributed by atoms with Gasteiger partial charge in [-0.2, -0.15) is 0 Å².